The van der Waals surface area contributed by atoms with Crippen molar-refractivity contribution < 1.29 is 9.90 Å². The van der Waals surface area contributed by atoms with Gasteiger partial charge in [0.05, 0.1) is 0 Å². The molecule has 0 aliphatic carbocycles. The molecule has 4 N–H and O–H groups in total. The molecular formula is C4H9N5O2. The van der Waals surface area contributed by atoms with Crippen LogP contribution in [0.15, 0.2) is 5.11 Å². The summed E-state index contributed by atoms with van der Waals surface area (Å²) in [6.45, 7) is 0.123. The Hall–Kier alpha value is -1.30. The van der Waals surface area contributed by atoms with Crippen molar-refractivity contribution in [2.75, 3.05) is 6.54 Å². The number of nitrogens with two attached hydrogens (primary N) is 1. The second kappa shape index (κ2) is 5.48. The molecule has 1 atom stereocenters. The van der Waals surface area contributed by atoms with Gasteiger partial charge >= 0.3 is 5.97 Å². The molecule has 0 unspecified atom stereocenters. The molecular weight excluding hydrogens is 150 g/mol. The maximum Gasteiger partial charge on any atom is 0.322 e. The molecule has 0 aliphatic heterocycles. The van der Waals surface area contributed by atoms with Crippen LogP contribution in [0.2, 0.25) is 0 Å². The first kappa shape index (κ1) is 9.70. The van der Waals surface area contributed by atoms with Crippen molar-refractivity contribution >= 4 is 5.97 Å². The number of hydrazine groups is 1. The van der Waals surface area contributed by atoms with E-state index in [1.807, 2.05) is 0 Å². The average Bonchev–Trinajstić information content (AvgIpc) is 1.97. The van der Waals surface area contributed by atoms with Crippen molar-refractivity contribution in [2.45, 2.75) is 12.5 Å². The summed E-state index contributed by atoms with van der Waals surface area (Å²) in [4.78, 5) is 12.7. The monoisotopic (exact) mass is 159 g/mol. The van der Waals surface area contributed by atoms with E-state index < -0.39 is 12.0 Å². The molecule has 11 heavy (non-hydrogen) atoms. The van der Waals surface area contributed by atoms with E-state index in [1.54, 1.807) is 0 Å². The molecule has 0 saturated heterocycles. The Morgan fingerprint density at radius 2 is 2.55 bits per heavy atom. The molecule has 0 aromatic carbocycles. The summed E-state index contributed by atoms with van der Waals surface area (Å²) in [5, 5.41) is 11.6. The van der Waals surface area contributed by atoms with Gasteiger partial charge in [0, 0.05) is 11.5 Å². The average molecular weight is 159 g/mol. The predicted molar refractivity (Wildman–Crippen MR) is 37.4 cm³/mol. The normalized spacial score (nSPS) is 11.7. The van der Waals surface area contributed by atoms with Crippen molar-refractivity contribution in [1.29, 1.82) is 0 Å². The molecule has 0 spiro atoms. The molecule has 0 bridgehead atoms. The fraction of sp³-hybridized carbons (Fsp3) is 0.750. The minimum Gasteiger partial charge on any atom is -0.480 e. The van der Waals surface area contributed by atoms with Crippen LogP contribution in [0.1, 0.15) is 6.42 Å². The summed E-state index contributed by atoms with van der Waals surface area (Å²) in [5.41, 5.74) is 9.93. The number of carboxylic acid groups (broad SMARTS) is 1. The smallest absolute Gasteiger partial charge is 0.322 e. The summed E-state index contributed by atoms with van der Waals surface area (Å²) in [7, 11) is 0. The van der Waals surface area contributed by atoms with Crippen molar-refractivity contribution in [2.24, 2.45) is 11.0 Å². The Kier molecular flexibility index (Phi) is 4.83. The molecule has 0 aliphatic rings. The third-order valence-corrected chi connectivity index (χ3v) is 1.08. The van der Waals surface area contributed by atoms with Crippen LogP contribution >= 0.6 is 0 Å². The summed E-state index contributed by atoms with van der Waals surface area (Å²) >= 11 is 0. The number of nitrogens with zero attached hydrogens (tertiary/aromatic N) is 3. The second-order valence-corrected chi connectivity index (χ2v) is 1.80. The zero-order chi connectivity index (χ0) is 8.69. The Labute approximate surface area is 62.8 Å². The van der Waals surface area contributed by atoms with E-state index in [0.29, 0.717) is 0 Å². The maximum atomic E-state index is 10.2. The molecule has 0 aromatic heterocycles. The number of hydrogen-bond donors (Lipinski definition) is 3. The Bertz CT molecular complexity index is 175. The van der Waals surface area contributed by atoms with Gasteiger partial charge in [-0.05, 0) is 12.0 Å². The molecule has 0 rings (SSSR count). The number of rotatable bonds is 5. The van der Waals surface area contributed by atoms with Gasteiger partial charge in [0.25, 0.3) is 0 Å². The fourth-order valence-electron chi connectivity index (χ4n) is 0.510. The number of aliphatic carboxylic acids is 1. The van der Waals surface area contributed by atoms with Crippen molar-refractivity contribution in [3.05, 3.63) is 10.4 Å². The van der Waals surface area contributed by atoms with Gasteiger partial charge < -0.3 is 5.11 Å². The van der Waals surface area contributed by atoms with Crippen LogP contribution in [0.5, 0.6) is 0 Å². The lowest BCUT2D eigenvalue weighted by Crippen LogP contribution is -2.41. The number of hydrogen-bond acceptors (Lipinski definition) is 4. The Morgan fingerprint density at radius 1 is 1.91 bits per heavy atom. The highest BCUT2D eigenvalue weighted by atomic mass is 16.4. The summed E-state index contributed by atoms with van der Waals surface area (Å²) in [5.74, 6) is 3.84. The van der Waals surface area contributed by atoms with E-state index in [2.05, 4.69) is 15.5 Å². The van der Waals surface area contributed by atoms with Crippen LogP contribution < -0.4 is 11.3 Å². The van der Waals surface area contributed by atoms with Crippen LogP contribution in [-0.4, -0.2) is 23.7 Å². The van der Waals surface area contributed by atoms with E-state index >= 15 is 0 Å². The van der Waals surface area contributed by atoms with Gasteiger partial charge in [-0.1, -0.05) is 5.11 Å². The highest BCUT2D eigenvalue weighted by Crippen LogP contribution is 1.90. The molecule has 0 aromatic rings. The van der Waals surface area contributed by atoms with Gasteiger partial charge in [-0.25, -0.2) is 5.43 Å². The molecule has 0 radical (unpaired) electrons. The highest BCUT2D eigenvalue weighted by Gasteiger charge is 2.13. The topological polar surface area (TPSA) is 124 Å². The van der Waals surface area contributed by atoms with E-state index in [0.717, 1.165) is 0 Å². The molecule has 0 fully saturated rings. The van der Waals surface area contributed by atoms with Gasteiger partial charge in [0.15, 0.2) is 0 Å². The minimum absolute atomic E-state index is 0.123. The number of carboxylic acids is 1. The van der Waals surface area contributed by atoms with Crippen LogP contribution in [-0.2, 0) is 4.79 Å². The van der Waals surface area contributed by atoms with Crippen LogP contribution in [0.3, 0.4) is 0 Å². The first-order chi connectivity index (χ1) is 5.22. The lowest BCUT2D eigenvalue weighted by atomic mass is 10.2. The fourth-order valence-corrected chi connectivity index (χ4v) is 0.510. The van der Waals surface area contributed by atoms with Crippen LogP contribution in [0, 0.1) is 0 Å². The van der Waals surface area contributed by atoms with Gasteiger partial charge in [-0.3, -0.25) is 10.6 Å². The molecule has 7 heteroatoms. The lowest BCUT2D eigenvalue weighted by Gasteiger charge is -2.07. The van der Waals surface area contributed by atoms with E-state index in [1.165, 1.54) is 0 Å². The number of carbonyl (C=O) groups is 1. The third-order valence-electron chi connectivity index (χ3n) is 1.08. The molecule has 62 valence electrons. The first-order valence-electron chi connectivity index (χ1n) is 2.92. The molecule has 7 nitrogen and oxygen atoms in total. The van der Waals surface area contributed by atoms with Crippen molar-refractivity contribution in [1.82, 2.24) is 5.43 Å². The largest absolute Gasteiger partial charge is 0.480 e. The quantitative estimate of drug-likeness (QED) is 0.166. The second-order valence-electron chi connectivity index (χ2n) is 1.80. The van der Waals surface area contributed by atoms with E-state index in [4.69, 9.17) is 16.5 Å². The zero-order valence-electron chi connectivity index (χ0n) is 5.77. The van der Waals surface area contributed by atoms with Gasteiger partial charge in [0.1, 0.15) is 6.04 Å². The third kappa shape index (κ3) is 4.15. The molecule has 0 amide bonds. The van der Waals surface area contributed by atoms with Crippen LogP contribution in [0.25, 0.3) is 10.4 Å². The number of azide groups is 1. The lowest BCUT2D eigenvalue weighted by molar-refractivity contribution is -0.139. The van der Waals surface area contributed by atoms with E-state index in [-0.39, 0.29) is 13.0 Å². The van der Waals surface area contributed by atoms with E-state index in [9.17, 15) is 4.79 Å². The molecule has 0 saturated carbocycles. The SMILES string of the molecule is [N-]=[N+]=NCC[C@H](NN)C(=O)O. The summed E-state index contributed by atoms with van der Waals surface area (Å²) < 4.78 is 0. The summed E-state index contributed by atoms with van der Waals surface area (Å²) in [6.07, 6.45) is 0.190. The Balaban J connectivity index is 3.69. The maximum absolute atomic E-state index is 10.2. The van der Waals surface area contributed by atoms with Gasteiger partial charge in [-0.2, -0.15) is 0 Å². The Morgan fingerprint density at radius 3 is 2.91 bits per heavy atom. The number of nitrogens with one attached hydrogen (secondary N) is 1. The minimum atomic E-state index is -1.05. The highest BCUT2D eigenvalue weighted by molar-refractivity contribution is 5.73. The van der Waals surface area contributed by atoms with Gasteiger partial charge in [0.2, 0.25) is 0 Å². The summed E-state index contributed by atoms with van der Waals surface area (Å²) in [6, 6.07) is -0.847. The van der Waals surface area contributed by atoms with Gasteiger partial charge in [-0.15, -0.1) is 0 Å². The van der Waals surface area contributed by atoms with Crippen molar-refractivity contribution in [3.63, 3.8) is 0 Å². The van der Waals surface area contributed by atoms with Crippen molar-refractivity contribution in [3.8, 4) is 0 Å². The van der Waals surface area contributed by atoms with Crippen LogP contribution in [0.4, 0.5) is 0 Å². The molecule has 0 heterocycles. The first-order valence-corrected chi connectivity index (χ1v) is 2.92. The predicted octanol–water partition coefficient (Wildman–Crippen LogP) is -0.397. The zero-order valence-corrected chi connectivity index (χ0v) is 5.77. The standard InChI is InChI=1S/C4H9N5O2/c5-8-3(4(10)11)1-2-7-9-6/h3,8H,1-2,5H2,(H,10,11)/t3-/m0/s1.